The van der Waals surface area contributed by atoms with Crippen molar-refractivity contribution in [2.24, 2.45) is 0 Å². The molecule has 0 unspecified atom stereocenters. The minimum atomic E-state index is -0.304. The van der Waals surface area contributed by atoms with Gasteiger partial charge in [0.05, 0.1) is 24.5 Å². The first-order chi connectivity index (χ1) is 10.3. The number of rotatable bonds is 4. The first-order valence-corrected chi connectivity index (χ1v) is 7.28. The highest BCUT2D eigenvalue weighted by atomic mass is 35.5. The molecule has 0 amide bonds. The van der Waals surface area contributed by atoms with Gasteiger partial charge in [-0.25, -0.2) is 0 Å². The van der Waals surface area contributed by atoms with Gasteiger partial charge in [-0.05, 0) is 12.1 Å². The lowest BCUT2D eigenvalue weighted by atomic mass is 10.2. The number of ether oxygens (including phenoxy) is 2. The molecule has 2 heterocycles. The Kier molecular flexibility index (Phi) is 4.26. The average Bonchev–Trinajstić information content (AvgIpc) is 2.53. The standard InChI is InChI=1S/C14H15ClN2O4/c15-3-6-20-10-1-2-11-12(9-10)21-14(16-13(11)18)17-4-7-19-8-5-17/h1-2,9H,3-8H2. The Morgan fingerprint density at radius 2 is 2.14 bits per heavy atom. The Bertz CT molecular complexity index is 682. The summed E-state index contributed by atoms with van der Waals surface area (Å²) in [7, 11) is 0. The summed E-state index contributed by atoms with van der Waals surface area (Å²) in [5.74, 6) is 1.02. The summed E-state index contributed by atoms with van der Waals surface area (Å²) in [6, 6.07) is 5.38. The minimum Gasteiger partial charge on any atom is -0.492 e. The Balaban J connectivity index is 1.97. The van der Waals surface area contributed by atoms with Crippen molar-refractivity contribution < 1.29 is 13.9 Å². The van der Waals surface area contributed by atoms with Gasteiger partial charge in [0.2, 0.25) is 0 Å². The van der Waals surface area contributed by atoms with Crippen molar-refractivity contribution >= 4 is 28.6 Å². The van der Waals surface area contributed by atoms with Crippen molar-refractivity contribution in [2.45, 2.75) is 0 Å². The molecule has 1 aromatic heterocycles. The van der Waals surface area contributed by atoms with Gasteiger partial charge in [-0.1, -0.05) is 0 Å². The zero-order chi connectivity index (χ0) is 14.7. The van der Waals surface area contributed by atoms with E-state index in [0.717, 1.165) is 0 Å². The third-order valence-electron chi connectivity index (χ3n) is 3.21. The molecular weight excluding hydrogens is 296 g/mol. The molecule has 3 rings (SSSR count). The molecule has 0 N–H and O–H groups in total. The quantitative estimate of drug-likeness (QED) is 0.800. The summed E-state index contributed by atoms with van der Waals surface area (Å²) in [4.78, 5) is 18.0. The minimum absolute atomic E-state index is 0.304. The van der Waals surface area contributed by atoms with E-state index in [1.54, 1.807) is 18.2 Å². The van der Waals surface area contributed by atoms with E-state index in [4.69, 9.17) is 25.5 Å². The molecule has 0 spiro atoms. The van der Waals surface area contributed by atoms with Crippen LogP contribution in [-0.4, -0.2) is 43.8 Å². The van der Waals surface area contributed by atoms with E-state index in [0.29, 0.717) is 61.5 Å². The number of morpholine rings is 1. The van der Waals surface area contributed by atoms with Gasteiger partial charge in [0.15, 0.2) is 0 Å². The van der Waals surface area contributed by atoms with Crippen molar-refractivity contribution in [2.75, 3.05) is 43.7 Å². The van der Waals surface area contributed by atoms with E-state index in [2.05, 4.69) is 4.98 Å². The van der Waals surface area contributed by atoms with Gasteiger partial charge in [-0.15, -0.1) is 11.6 Å². The maximum absolute atomic E-state index is 12.1. The lowest BCUT2D eigenvalue weighted by molar-refractivity contribution is 0.120. The van der Waals surface area contributed by atoms with Gasteiger partial charge < -0.3 is 18.8 Å². The van der Waals surface area contributed by atoms with Crippen LogP contribution >= 0.6 is 11.6 Å². The van der Waals surface area contributed by atoms with E-state index in [1.807, 2.05) is 4.90 Å². The van der Waals surface area contributed by atoms with Crippen molar-refractivity contribution in [3.8, 4) is 5.75 Å². The molecule has 0 bridgehead atoms. The number of alkyl halides is 1. The highest BCUT2D eigenvalue weighted by molar-refractivity contribution is 6.18. The Morgan fingerprint density at radius 1 is 1.33 bits per heavy atom. The van der Waals surface area contributed by atoms with E-state index >= 15 is 0 Å². The third kappa shape index (κ3) is 3.11. The first-order valence-electron chi connectivity index (χ1n) is 6.74. The van der Waals surface area contributed by atoms with Crippen molar-refractivity contribution in [3.05, 3.63) is 28.6 Å². The van der Waals surface area contributed by atoms with E-state index in [9.17, 15) is 4.79 Å². The van der Waals surface area contributed by atoms with Crippen molar-refractivity contribution in [1.82, 2.24) is 4.98 Å². The smallest absolute Gasteiger partial charge is 0.301 e. The van der Waals surface area contributed by atoms with Crippen molar-refractivity contribution in [3.63, 3.8) is 0 Å². The molecule has 1 saturated heterocycles. The Morgan fingerprint density at radius 3 is 2.90 bits per heavy atom. The Hall–Kier alpha value is -1.79. The molecule has 0 saturated carbocycles. The number of hydrogen-bond acceptors (Lipinski definition) is 6. The van der Waals surface area contributed by atoms with Crippen LogP contribution < -0.4 is 15.2 Å². The fraction of sp³-hybridized carbons (Fsp3) is 0.429. The zero-order valence-electron chi connectivity index (χ0n) is 11.4. The van der Waals surface area contributed by atoms with Gasteiger partial charge in [-0.2, -0.15) is 4.98 Å². The average molecular weight is 311 g/mol. The van der Waals surface area contributed by atoms with Gasteiger partial charge in [-0.3, -0.25) is 4.79 Å². The number of fused-ring (bicyclic) bond motifs is 1. The number of anilines is 1. The molecule has 1 fully saturated rings. The molecular formula is C14H15ClN2O4. The van der Waals surface area contributed by atoms with Crippen LogP contribution in [0.5, 0.6) is 5.75 Å². The number of halogens is 1. The van der Waals surface area contributed by atoms with Crippen LogP contribution in [0.3, 0.4) is 0 Å². The van der Waals surface area contributed by atoms with Crippen LogP contribution in [0.4, 0.5) is 6.01 Å². The second-order valence-corrected chi connectivity index (χ2v) is 4.97. The highest BCUT2D eigenvalue weighted by Gasteiger charge is 2.17. The van der Waals surface area contributed by atoms with Crippen LogP contribution in [0.1, 0.15) is 0 Å². The largest absolute Gasteiger partial charge is 0.492 e. The number of aromatic nitrogens is 1. The van der Waals surface area contributed by atoms with E-state index < -0.39 is 0 Å². The molecule has 1 aliphatic heterocycles. The fourth-order valence-electron chi connectivity index (χ4n) is 2.17. The van der Waals surface area contributed by atoms with Gasteiger partial charge in [0.25, 0.3) is 5.56 Å². The SMILES string of the molecule is O=c1nc(N2CCOCC2)oc2cc(OCCCl)ccc12. The molecule has 0 aliphatic carbocycles. The molecule has 0 atom stereocenters. The summed E-state index contributed by atoms with van der Waals surface area (Å²) in [5, 5.41) is 0.435. The Labute approximate surface area is 126 Å². The molecule has 1 aliphatic rings. The maximum atomic E-state index is 12.1. The molecule has 21 heavy (non-hydrogen) atoms. The molecule has 6 nitrogen and oxygen atoms in total. The first kappa shape index (κ1) is 14.2. The lowest BCUT2D eigenvalue weighted by Crippen LogP contribution is -2.37. The van der Waals surface area contributed by atoms with Crippen LogP contribution in [0, 0.1) is 0 Å². The summed E-state index contributed by atoms with van der Waals surface area (Å²) >= 11 is 5.59. The zero-order valence-corrected chi connectivity index (χ0v) is 12.1. The maximum Gasteiger partial charge on any atom is 0.301 e. The lowest BCUT2D eigenvalue weighted by Gasteiger charge is -2.25. The van der Waals surface area contributed by atoms with Crippen LogP contribution in [0.15, 0.2) is 27.4 Å². The van der Waals surface area contributed by atoms with E-state index in [1.165, 1.54) is 0 Å². The van der Waals surface area contributed by atoms with Gasteiger partial charge >= 0.3 is 6.01 Å². The monoisotopic (exact) mass is 310 g/mol. The van der Waals surface area contributed by atoms with Crippen LogP contribution in [0.2, 0.25) is 0 Å². The van der Waals surface area contributed by atoms with Gasteiger partial charge in [0, 0.05) is 19.2 Å². The fourth-order valence-corrected chi connectivity index (χ4v) is 2.25. The van der Waals surface area contributed by atoms with Crippen LogP contribution in [-0.2, 0) is 4.74 Å². The molecule has 7 heteroatoms. The number of hydrogen-bond donors (Lipinski definition) is 0. The molecule has 0 radical (unpaired) electrons. The second kappa shape index (κ2) is 6.32. The molecule has 112 valence electrons. The highest BCUT2D eigenvalue weighted by Crippen LogP contribution is 2.22. The normalized spacial score (nSPS) is 15.4. The number of nitrogens with zero attached hydrogens (tertiary/aromatic N) is 2. The summed E-state index contributed by atoms with van der Waals surface area (Å²) in [6.07, 6.45) is 0. The predicted molar refractivity (Wildman–Crippen MR) is 79.5 cm³/mol. The molecule has 1 aromatic carbocycles. The number of benzene rings is 1. The van der Waals surface area contributed by atoms with Crippen molar-refractivity contribution in [1.29, 1.82) is 0 Å². The van der Waals surface area contributed by atoms with Crippen LogP contribution in [0.25, 0.3) is 11.0 Å². The summed E-state index contributed by atoms with van der Waals surface area (Å²) < 4.78 is 16.5. The summed E-state index contributed by atoms with van der Waals surface area (Å²) in [6.45, 7) is 2.91. The third-order valence-corrected chi connectivity index (χ3v) is 3.36. The molecule has 2 aromatic rings. The predicted octanol–water partition coefficient (Wildman–Crippen LogP) is 1.64. The summed E-state index contributed by atoms with van der Waals surface area (Å²) in [5.41, 5.74) is 0.158. The van der Waals surface area contributed by atoms with Gasteiger partial charge in [0.1, 0.15) is 17.9 Å². The second-order valence-electron chi connectivity index (χ2n) is 4.60. The van der Waals surface area contributed by atoms with E-state index in [-0.39, 0.29) is 5.56 Å². The topological polar surface area (TPSA) is 64.8 Å².